The molecule has 0 spiro atoms. The van der Waals surface area contributed by atoms with Gasteiger partial charge in [-0.05, 0) is 42.9 Å². The highest BCUT2D eigenvalue weighted by Gasteiger charge is 2.23. The van der Waals surface area contributed by atoms with Crippen molar-refractivity contribution in [3.63, 3.8) is 0 Å². The maximum atomic E-state index is 8.50. The quantitative estimate of drug-likeness (QED) is 0.702. The van der Waals surface area contributed by atoms with E-state index in [0.29, 0.717) is 5.75 Å². The molecule has 0 aliphatic heterocycles. The SMILES string of the molecule is Cc1cc(C2CC2)ccc1SCC#N. The van der Waals surface area contributed by atoms with E-state index >= 15 is 0 Å². The molecule has 2 heteroatoms. The molecule has 0 heterocycles. The predicted octanol–water partition coefficient (Wildman–Crippen LogP) is 3.49. The Balaban J connectivity index is 2.14. The molecule has 14 heavy (non-hydrogen) atoms. The van der Waals surface area contributed by atoms with Gasteiger partial charge < -0.3 is 0 Å². The summed E-state index contributed by atoms with van der Waals surface area (Å²) in [5, 5.41) is 8.50. The summed E-state index contributed by atoms with van der Waals surface area (Å²) in [7, 11) is 0. The van der Waals surface area contributed by atoms with Gasteiger partial charge in [-0.25, -0.2) is 0 Å². The maximum Gasteiger partial charge on any atom is 0.0855 e. The summed E-state index contributed by atoms with van der Waals surface area (Å²) in [4.78, 5) is 1.25. The normalized spacial score (nSPS) is 15.1. The standard InChI is InChI=1S/C12H13NS/c1-9-8-11(10-2-3-10)4-5-12(9)14-7-6-13/h4-5,8,10H,2-3,7H2,1H3. The Labute approximate surface area is 89.1 Å². The molecule has 72 valence electrons. The van der Waals surface area contributed by atoms with E-state index < -0.39 is 0 Å². The number of benzene rings is 1. The minimum Gasteiger partial charge on any atom is -0.197 e. The number of hydrogen-bond acceptors (Lipinski definition) is 2. The number of thioether (sulfide) groups is 1. The van der Waals surface area contributed by atoms with Gasteiger partial charge in [0.15, 0.2) is 0 Å². The van der Waals surface area contributed by atoms with Crippen molar-refractivity contribution < 1.29 is 0 Å². The lowest BCUT2D eigenvalue weighted by Crippen LogP contribution is -1.85. The lowest BCUT2D eigenvalue weighted by atomic mass is 10.1. The van der Waals surface area contributed by atoms with E-state index in [1.165, 1.54) is 28.9 Å². The molecule has 1 aliphatic carbocycles. The first-order valence-corrected chi connectivity index (χ1v) is 5.90. The molecule has 0 N–H and O–H groups in total. The Bertz CT molecular complexity index is 374. The van der Waals surface area contributed by atoms with Crippen LogP contribution in [0.2, 0.25) is 0 Å². The molecule has 1 saturated carbocycles. The van der Waals surface area contributed by atoms with Crippen LogP contribution < -0.4 is 0 Å². The first-order valence-electron chi connectivity index (χ1n) is 4.91. The molecule has 0 amide bonds. The fourth-order valence-corrected chi connectivity index (χ4v) is 2.29. The number of hydrogen-bond donors (Lipinski definition) is 0. The molecule has 1 aromatic rings. The number of nitrogens with zero attached hydrogens (tertiary/aromatic N) is 1. The summed E-state index contributed by atoms with van der Waals surface area (Å²) < 4.78 is 0. The monoisotopic (exact) mass is 203 g/mol. The van der Waals surface area contributed by atoms with Gasteiger partial charge in [0.2, 0.25) is 0 Å². The van der Waals surface area contributed by atoms with Crippen LogP contribution in [0.15, 0.2) is 23.1 Å². The molecule has 0 aromatic heterocycles. The van der Waals surface area contributed by atoms with Crippen molar-refractivity contribution in [1.82, 2.24) is 0 Å². The molecular formula is C12H13NS. The zero-order valence-corrected chi connectivity index (χ0v) is 9.10. The van der Waals surface area contributed by atoms with Crippen LogP contribution in [0.4, 0.5) is 0 Å². The first-order chi connectivity index (χ1) is 6.81. The third-order valence-electron chi connectivity index (χ3n) is 2.54. The highest BCUT2D eigenvalue weighted by molar-refractivity contribution is 7.99. The van der Waals surface area contributed by atoms with Gasteiger partial charge in [0, 0.05) is 4.90 Å². The minimum absolute atomic E-state index is 0.545. The van der Waals surface area contributed by atoms with Crippen molar-refractivity contribution >= 4 is 11.8 Å². The molecule has 0 bridgehead atoms. The van der Waals surface area contributed by atoms with Gasteiger partial charge in [0.25, 0.3) is 0 Å². The number of aryl methyl sites for hydroxylation is 1. The van der Waals surface area contributed by atoms with E-state index in [1.807, 2.05) is 0 Å². The van der Waals surface area contributed by atoms with Crippen LogP contribution in [0.25, 0.3) is 0 Å². The van der Waals surface area contributed by atoms with Gasteiger partial charge in [-0.3, -0.25) is 0 Å². The van der Waals surface area contributed by atoms with Gasteiger partial charge in [-0.2, -0.15) is 5.26 Å². The second-order valence-electron chi connectivity index (χ2n) is 3.75. The molecule has 2 rings (SSSR count). The van der Waals surface area contributed by atoms with Crippen LogP contribution >= 0.6 is 11.8 Å². The molecule has 1 aromatic carbocycles. The van der Waals surface area contributed by atoms with E-state index in [-0.39, 0.29) is 0 Å². The van der Waals surface area contributed by atoms with Crippen molar-refractivity contribution in [1.29, 1.82) is 5.26 Å². The average Bonchev–Trinajstić information content (AvgIpc) is 2.99. The van der Waals surface area contributed by atoms with E-state index in [1.54, 1.807) is 11.8 Å². The van der Waals surface area contributed by atoms with Gasteiger partial charge in [-0.1, -0.05) is 12.1 Å². The first kappa shape index (κ1) is 9.61. The third-order valence-corrected chi connectivity index (χ3v) is 3.58. The Morgan fingerprint density at radius 1 is 1.50 bits per heavy atom. The number of nitriles is 1. The van der Waals surface area contributed by atoms with Crippen molar-refractivity contribution in [2.75, 3.05) is 5.75 Å². The van der Waals surface area contributed by atoms with Crippen LogP contribution in [0, 0.1) is 18.3 Å². The Morgan fingerprint density at radius 3 is 2.86 bits per heavy atom. The smallest absolute Gasteiger partial charge is 0.0855 e. The van der Waals surface area contributed by atoms with Gasteiger partial charge in [-0.15, -0.1) is 11.8 Å². The molecule has 0 radical (unpaired) electrons. The lowest BCUT2D eigenvalue weighted by molar-refractivity contribution is 1.10. The topological polar surface area (TPSA) is 23.8 Å². The largest absolute Gasteiger partial charge is 0.197 e. The molecule has 0 unspecified atom stereocenters. The molecule has 1 aliphatic rings. The van der Waals surface area contributed by atoms with Gasteiger partial charge in [0.1, 0.15) is 0 Å². The van der Waals surface area contributed by atoms with Crippen LogP contribution in [-0.4, -0.2) is 5.75 Å². The third kappa shape index (κ3) is 2.10. The van der Waals surface area contributed by atoms with E-state index in [4.69, 9.17) is 5.26 Å². The van der Waals surface area contributed by atoms with Crippen molar-refractivity contribution in [2.45, 2.75) is 30.6 Å². The highest BCUT2D eigenvalue weighted by Crippen LogP contribution is 2.41. The molecule has 1 nitrogen and oxygen atoms in total. The van der Waals surface area contributed by atoms with Crippen molar-refractivity contribution in [2.24, 2.45) is 0 Å². The second-order valence-corrected chi connectivity index (χ2v) is 4.76. The zero-order chi connectivity index (χ0) is 9.97. The fourth-order valence-electron chi connectivity index (χ4n) is 1.62. The molecular weight excluding hydrogens is 190 g/mol. The van der Waals surface area contributed by atoms with E-state index in [9.17, 15) is 0 Å². The number of rotatable bonds is 3. The van der Waals surface area contributed by atoms with Gasteiger partial charge in [0.05, 0.1) is 11.8 Å². The summed E-state index contributed by atoms with van der Waals surface area (Å²) in [6.45, 7) is 2.13. The van der Waals surface area contributed by atoms with Crippen LogP contribution in [0.5, 0.6) is 0 Å². The van der Waals surface area contributed by atoms with E-state index in [0.717, 1.165) is 5.92 Å². The van der Waals surface area contributed by atoms with Crippen molar-refractivity contribution in [3.8, 4) is 6.07 Å². The van der Waals surface area contributed by atoms with Crippen molar-refractivity contribution in [3.05, 3.63) is 29.3 Å². The summed E-state index contributed by atoms with van der Waals surface area (Å²) in [5.74, 6) is 1.37. The summed E-state index contributed by atoms with van der Waals surface area (Å²) in [5.41, 5.74) is 2.79. The van der Waals surface area contributed by atoms with Crippen LogP contribution in [0.3, 0.4) is 0 Å². The summed E-state index contributed by atoms with van der Waals surface area (Å²) >= 11 is 1.63. The Morgan fingerprint density at radius 2 is 2.29 bits per heavy atom. The molecule has 1 fully saturated rings. The second kappa shape index (κ2) is 4.06. The van der Waals surface area contributed by atoms with Crippen LogP contribution in [0.1, 0.15) is 29.9 Å². The average molecular weight is 203 g/mol. The van der Waals surface area contributed by atoms with Gasteiger partial charge >= 0.3 is 0 Å². The lowest BCUT2D eigenvalue weighted by Gasteiger charge is -2.05. The molecule has 0 atom stereocenters. The summed E-state index contributed by atoms with van der Waals surface area (Å²) in [6.07, 6.45) is 2.70. The minimum atomic E-state index is 0.545. The Kier molecular flexibility index (Phi) is 2.79. The fraction of sp³-hybridized carbons (Fsp3) is 0.417. The predicted molar refractivity (Wildman–Crippen MR) is 59.5 cm³/mol. The summed E-state index contributed by atoms with van der Waals surface area (Å²) in [6, 6.07) is 8.80. The van der Waals surface area contributed by atoms with Crippen LogP contribution in [-0.2, 0) is 0 Å². The highest BCUT2D eigenvalue weighted by atomic mass is 32.2. The molecule has 0 saturated heterocycles. The Hall–Kier alpha value is -0.940. The zero-order valence-electron chi connectivity index (χ0n) is 8.29. The van der Waals surface area contributed by atoms with E-state index in [2.05, 4.69) is 31.2 Å². The maximum absolute atomic E-state index is 8.50.